The van der Waals surface area contributed by atoms with E-state index in [1.807, 2.05) is 39.0 Å². The molecule has 12 rings (SSSR count). The number of aromatic nitrogens is 12. The highest BCUT2D eigenvalue weighted by atomic mass is 19.2. The first kappa shape index (κ1) is 48.2. The molecule has 0 radical (unpaired) electrons. The summed E-state index contributed by atoms with van der Waals surface area (Å²) in [5.74, 6) is -1.37. The van der Waals surface area contributed by atoms with Crippen LogP contribution in [0.4, 0.5) is 24.8 Å². The minimum absolute atomic E-state index is 0.0215. The summed E-state index contributed by atoms with van der Waals surface area (Å²) in [6.07, 6.45) is 6.56. The third-order valence-corrected chi connectivity index (χ3v) is 13.7. The van der Waals surface area contributed by atoms with Crippen LogP contribution in [0.25, 0.3) is 66.4 Å². The third kappa shape index (κ3) is 8.40. The quantitative estimate of drug-likeness (QED) is 0.111. The lowest BCUT2D eigenvalue weighted by molar-refractivity contribution is 0.0963. The minimum Gasteiger partial charge on any atom is -0.494 e. The Morgan fingerprint density at radius 2 is 1.27 bits per heavy atom. The van der Waals surface area contributed by atoms with Crippen LogP contribution in [0.5, 0.6) is 5.75 Å². The van der Waals surface area contributed by atoms with Crippen LogP contribution in [0.15, 0.2) is 95.0 Å². The zero-order valence-electron chi connectivity index (χ0n) is 41.2. The second kappa shape index (κ2) is 18.8. The summed E-state index contributed by atoms with van der Waals surface area (Å²) >= 11 is 0. The Balaban J connectivity index is 0.000000161. The van der Waals surface area contributed by atoms with Gasteiger partial charge in [-0.3, -0.25) is 23.5 Å². The van der Waals surface area contributed by atoms with Crippen molar-refractivity contribution in [1.82, 2.24) is 63.9 Å². The van der Waals surface area contributed by atoms with Gasteiger partial charge in [-0.15, -0.1) is 0 Å². The van der Waals surface area contributed by atoms with Crippen LogP contribution < -0.4 is 32.6 Å². The number of nitrogen functional groups attached to an aromatic ring is 2. The van der Waals surface area contributed by atoms with Gasteiger partial charge in [-0.05, 0) is 100 Å². The minimum atomic E-state index is -1.10. The topological polar surface area (TPSA) is 247 Å². The van der Waals surface area contributed by atoms with Crippen molar-refractivity contribution in [3.05, 3.63) is 146 Å². The number of fused-ring (bicyclic) bond motifs is 4. The lowest BCUT2D eigenvalue weighted by Gasteiger charge is -2.21. The number of methoxy groups -OCH3 is 1. The van der Waals surface area contributed by atoms with Crippen molar-refractivity contribution in [2.75, 3.05) is 25.6 Å². The Morgan fingerprint density at radius 1 is 0.707 bits per heavy atom. The molecule has 1 amide bonds. The molecule has 10 aromatic rings. The number of ether oxygens (including phenoxy) is 1. The normalized spacial score (nSPS) is 14.3. The molecule has 2 aliphatic carbocycles. The summed E-state index contributed by atoms with van der Waals surface area (Å²) in [6, 6.07) is 18.0. The monoisotopic (exact) mass is 1020 g/mol. The summed E-state index contributed by atoms with van der Waals surface area (Å²) in [6.45, 7) is 5.81. The number of halogens is 3. The predicted octanol–water partition coefficient (Wildman–Crippen LogP) is 7.94. The molecule has 0 aliphatic heterocycles. The molecule has 0 spiro atoms. The molecule has 380 valence electrons. The van der Waals surface area contributed by atoms with Gasteiger partial charge in [0.15, 0.2) is 34.5 Å². The fraction of sp³-hybridized carbons (Fsp3) is 0.264. The zero-order valence-corrected chi connectivity index (χ0v) is 41.2. The lowest BCUT2D eigenvalue weighted by Crippen LogP contribution is -2.29. The molecule has 2 atom stereocenters. The van der Waals surface area contributed by atoms with Gasteiger partial charge >= 0.3 is 0 Å². The fourth-order valence-corrected chi connectivity index (χ4v) is 9.63. The van der Waals surface area contributed by atoms with Gasteiger partial charge in [0.25, 0.3) is 17.0 Å². The number of hydrogen-bond donors (Lipinski definition) is 3. The fourth-order valence-electron chi connectivity index (χ4n) is 9.63. The second-order valence-electron chi connectivity index (χ2n) is 18.7. The summed E-state index contributed by atoms with van der Waals surface area (Å²) in [5.41, 5.74) is 17.3. The van der Waals surface area contributed by atoms with E-state index in [4.69, 9.17) is 31.4 Å². The molecule has 0 bridgehead atoms. The number of aryl methyl sites for hydroxylation is 1. The van der Waals surface area contributed by atoms with Crippen LogP contribution in [-0.2, 0) is 0 Å². The smallest absolute Gasteiger partial charge is 0.261 e. The van der Waals surface area contributed by atoms with E-state index in [-0.39, 0.29) is 51.8 Å². The average Bonchev–Trinajstić information content (AvgIpc) is 4.36. The van der Waals surface area contributed by atoms with Crippen LogP contribution >= 0.6 is 0 Å². The van der Waals surface area contributed by atoms with E-state index in [0.29, 0.717) is 79.1 Å². The largest absolute Gasteiger partial charge is 0.494 e. The Morgan fingerprint density at radius 3 is 1.88 bits per heavy atom. The highest BCUT2D eigenvalue weighted by Crippen LogP contribution is 2.41. The third-order valence-electron chi connectivity index (χ3n) is 13.7. The van der Waals surface area contributed by atoms with E-state index >= 15 is 0 Å². The Bertz CT molecular complexity index is 4070. The molecule has 4 aromatic carbocycles. The first-order valence-corrected chi connectivity index (χ1v) is 24.3. The molecule has 2 fully saturated rings. The first-order valence-electron chi connectivity index (χ1n) is 24.3. The van der Waals surface area contributed by atoms with Crippen LogP contribution in [0.3, 0.4) is 0 Å². The van der Waals surface area contributed by atoms with Crippen molar-refractivity contribution in [3.63, 3.8) is 0 Å². The molecule has 22 heteroatoms. The highest BCUT2D eigenvalue weighted by Gasteiger charge is 2.35. The van der Waals surface area contributed by atoms with Gasteiger partial charge in [-0.1, -0.05) is 25.1 Å². The summed E-state index contributed by atoms with van der Waals surface area (Å²) in [4.78, 5) is 65.9. The van der Waals surface area contributed by atoms with Gasteiger partial charge in [0.2, 0.25) is 0 Å². The first-order chi connectivity index (χ1) is 36.2. The maximum Gasteiger partial charge on any atom is 0.261 e. The van der Waals surface area contributed by atoms with Crippen molar-refractivity contribution in [2.24, 2.45) is 0 Å². The molecule has 0 saturated heterocycles. The van der Waals surface area contributed by atoms with Crippen molar-refractivity contribution in [1.29, 1.82) is 0 Å². The number of nitrogens with zero attached hydrogens (tertiary/aromatic N) is 12. The molecule has 75 heavy (non-hydrogen) atoms. The van der Waals surface area contributed by atoms with E-state index < -0.39 is 35.1 Å². The molecule has 6 aromatic heterocycles. The predicted molar refractivity (Wildman–Crippen MR) is 276 cm³/mol. The molecule has 2 saturated carbocycles. The van der Waals surface area contributed by atoms with Crippen molar-refractivity contribution in [2.45, 2.75) is 77.0 Å². The molecule has 6 heterocycles. The van der Waals surface area contributed by atoms with Crippen LogP contribution in [0.1, 0.15) is 97.7 Å². The van der Waals surface area contributed by atoms with E-state index in [1.165, 1.54) is 31.9 Å². The summed E-state index contributed by atoms with van der Waals surface area (Å²) < 4.78 is 54.5. The Hall–Kier alpha value is -9.08. The van der Waals surface area contributed by atoms with Gasteiger partial charge in [0, 0.05) is 41.9 Å². The van der Waals surface area contributed by atoms with Crippen LogP contribution in [-0.4, -0.2) is 78.7 Å². The standard InChI is InChI=1S/C27H24F2N8O2.C26H24FN7O2/c1-3-20(24-34-19-11-18(29)17(28)10-16(19)27(39)36(24)15-8-9-15)37-25-21(23(30)32-12-33-25)22(35-37)13-4-6-14(7-5-13)26(38)31-2;1-13-4-8-17-19(10-13)31-24(33(26(17)35)16-6-7-16)14(2)34-25-21(23(28)29-12-30-25)22(32-34)15-5-9-20(36-3)18(27)11-15/h4-7,10-12,15,20H,3,8-9H2,1-2H3,(H,31,38)(H2,30,32,33);4-5,8-12,14,16H,6-7H2,1-3H3,(H2,28,29,30). The van der Waals surface area contributed by atoms with Gasteiger partial charge in [-0.2, -0.15) is 10.2 Å². The number of carbonyl (C=O) groups excluding carboxylic acids is 1. The highest BCUT2D eigenvalue weighted by molar-refractivity contribution is 6.00. The summed E-state index contributed by atoms with van der Waals surface area (Å²) in [7, 11) is 2.97. The number of nitrogens with two attached hydrogens (primary N) is 2. The second-order valence-corrected chi connectivity index (χ2v) is 18.7. The lowest BCUT2D eigenvalue weighted by atomic mass is 10.1. The molecule has 2 aliphatic rings. The van der Waals surface area contributed by atoms with Crippen LogP contribution in [0, 0.1) is 24.4 Å². The maximum atomic E-state index is 14.6. The summed E-state index contributed by atoms with van der Waals surface area (Å²) in [5, 5.41) is 13.9. The van der Waals surface area contributed by atoms with E-state index in [2.05, 4.69) is 30.2 Å². The molecular formula is C53H48F3N15O4. The van der Waals surface area contributed by atoms with E-state index in [9.17, 15) is 27.6 Å². The van der Waals surface area contributed by atoms with Crippen molar-refractivity contribution in [3.8, 4) is 28.3 Å². The number of carbonyl (C=O) groups is 1. The number of amides is 1. The maximum absolute atomic E-state index is 14.6. The van der Waals surface area contributed by atoms with E-state index in [0.717, 1.165) is 43.4 Å². The number of nitrogens with one attached hydrogen (secondary N) is 1. The number of hydrogen-bond acceptors (Lipinski definition) is 14. The van der Waals surface area contributed by atoms with E-state index in [1.54, 1.807) is 55.9 Å². The average molecular weight is 1020 g/mol. The molecule has 2 unspecified atom stereocenters. The molecule has 19 nitrogen and oxygen atoms in total. The number of benzene rings is 4. The van der Waals surface area contributed by atoms with Gasteiger partial charge < -0.3 is 21.5 Å². The van der Waals surface area contributed by atoms with Gasteiger partial charge in [-0.25, -0.2) is 52.4 Å². The Kier molecular flexibility index (Phi) is 12.1. The molecule has 5 N–H and O–H groups in total. The number of rotatable bonds is 11. The van der Waals surface area contributed by atoms with Crippen molar-refractivity contribution >= 4 is 61.4 Å². The van der Waals surface area contributed by atoms with Crippen LogP contribution in [0.2, 0.25) is 0 Å². The van der Waals surface area contributed by atoms with Gasteiger partial charge in [0.05, 0.1) is 39.7 Å². The molecular weight excluding hydrogens is 968 g/mol. The van der Waals surface area contributed by atoms with Gasteiger partial charge in [0.1, 0.15) is 59.4 Å². The SMILES string of the molecule is CCC(c1nc2cc(F)c(F)cc2c(=O)n1C1CC1)n1nc(-c2ccc(C(=O)NC)cc2)c2c(N)ncnc21.COc1ccc(-c2nn(C(C)c3nc4cc(C)ccc4c(=O)n3C3CC3)c3ncnc(N)c23)cc1F. The van der Waals surface area contributed by atoms with Crippen molar-refractivity contribution < 1.29 is 22.7 Å². The Labute approximate surface area is 424 Å². The zero-order chi connectivity index (χ0) is 52.6. The number of anilines is 2.